The van der Waals surface area contributed by atoms with E-state index >= 15 is 0 Å². The average molecular weight is 364 g/mol. The molecule has 2 atom stereocenters. The summed E-state index contributed by atoms with van der Waals surface area (Å²) < 4.78 is 10.1. The minimum Gasteiger partial charge on any atom is -0.477 e. The first-order valence-electron chi connectivity index (χ1n) is 8.60. The van der Waals surface area contributed by atoms with E-state index in [4.69, 9.17) is 9.47 Å². The lowest BCUT2D eigenvalue weighted by molar-refractivity contribution is -0.143. The van der Waals surface area contributed by atoms with E-state index in [1.54, 1.807) is 9.80 Å². The highest BCUT2D eigenvalue weighted by Crippen LogP contribution is 2.36. The number of rotatable bonds is 3. The van der Waals surface area contributed by atoms with Gasteiger partial charge < -0.3 is 24.4 Å². The standard InChI is InChI=1S/C17H24N4O5/c1-11(22)20-6-4-17(24)5-7-21(10-12(17)9-20)16(23)13-8-18-14(25-2)15(19-13)26-3/h8,12,24H,4-7,9-10H2,1-3H3/t12-,17-/m1/s1. The molecule has 0 bridgehead atoms. The van der Waals surface area contributed by atoms with Gasteiger partial charge in [-0.2, -0.15) is 0 Å². The van der Waals surface area contributed by atoms with E-state index in [-0.39, 0.29) is 35.2 Å². The maximum absolute atomic E-state index is 12.8. The number of methoxy groups -OCH3 is 2. The summed E-state index contributed by atoms with van der Waals surface area (Å²) in [5, 5.41) is 10.9. The maximum atomic E-state index is 12.8. The lowest BCUT2D eigenvalue weighted by atomic mass is 9.75. The maximum Gasteiger partial charge on any atom is 0.278 e. The normalized spacial score (nSPS) is 25.5. The van der Waals surface area contributed by atoms with Crippen LogP contribution in [0.5, 0.6) is 11.8 Å². The van der Waals surface area contributed by atoms with Crippen LogP contribution in [0.25, 0.3) is 0 Å². The van der Waals surface area contributed by atoms with E-state index in [0.717, 1.165) is 0 Å². The van der Waals surface area contributed by atoms with Crippen LogP contribution in [0.15, 0.2) is 6.20 Å². The quantitative estimate of drug-likeness (QED) is 0.801. The molecule has 1 aromatic heterocycles. The monoisotopic (exact) mass is 364 g/mol. The number of fused-ring (bicyclic) bond motifs is 1. The van der Waals surface area contributed by atoms with Crippen molar-refractivity contribution in [3.63, 3.8) is 0 Å². The second-order valence-electron chi connectivity index (χ2n) is 6.79. The number of aliphatic hydroxyl groups is 1. The van der Waals surface area contributed by atoms with Crippen molar-refractivity contribution in [2.45, 2.75) is 25.4 Å². The Hall–Kier alpha value is -2.42. The van der Waals surface area contributed by atoms with Crippen LogP contribution in [-0.2, 0) is 4.79 Å². The van der Waals surface area contributed by atoms with Crippen molar-refractivity contribution in [2.75, 3.05) is 40.4 Å². The summed E-state index contributed by atoms with van der Waals surface area (Å²) in [5.74, 6) is -0.110. The SMILES string of the molecule is COc1ncc(C(=O)N2CC[C@]3(O)CCN(C(C)=O)C[C@@H]3C2)nc1OC. The van der Waals surface area contributed by atoms with E-state index in [1.807, 2.05) is 0 Å². The molecule has 1 aromatic rings. The fourth-order valence-electron chi connectivity index (χ4n) is 3.67. The van der Waals surface area contributed by atoms with Crippen molar-refractivity contribution in [3.8, 4) is 11.8 Å². The number of amides is 2. The Morgan fingerprint density at radius 1 is 1.15 bits per heavy atom. The molecule has 1 N–H and O–H groups in total. The Labute approximate surface area is 151 Å². The molecule has 2 aliphatic heterocycles. The second kappa shape index (κ2) is 7.06. The predicted molar refractivity (Wildman–Crippen MR) is 91.0 cm³/mol. The summed E-state index contributed by atoms with van der Waals surface area (Å²) in [5.41, 5.74) is -0.668. The molecule has 0 aliphatic carbocycles. The van der Waals surface area contributed by atoms with Gasteiger partial charge in [-0.3, -0.25) is 9.59 Å². The van der Waals surface area contributed by atoms with E-state index < -0.39 is 5.60 Å². The largest absolute Gasteiger partial charge is 0.477 e. The molecule has 0 aromatic carbocycles. The number of hydrogen-bond donors (Lipinski definition) is 1. The van der Waals surface area contributed by atoms with Gasteiger partial charge in [0.2, 0.25) is 5.91 Å². The van der Waals surface area contributed by atoms with Crippen LogP contribution in [0, 0.1) is 5.92 Å². The van der Waals surface area contributed by atoms with Gasteiger partial charge in [0.05, 0.1) is 26.0 Å². The van der Waals surface area contributed by atoms with Gasteiger partial charge in [-0.05, 0) is 12.8 Å². The molecule has 0 saturated carbocycles. The van der Waals surface area contributed by atoms with Gasteiger partial charge in [0.1, 0.15) is 0 Å². The molecule has 0 unspecified atom stereocenters. The van der Waals surface area contributed by atoms with E-state index in [9.17, 15) is 14.7 Å². The first-order valence-corrected chi connectivity index (χ1v) is 8.60. The molecule has 9 nitrogen and oxygen atoms in total. The predicted octanol–water partition coefficient (Wildman–Crippen LogP) is -0.0608. The molecule has 0 radical (unpaired) electrons. The zero-order valence-electron chi connectivity index (χ0n) is 15.3. The lowest BCUT2D eigenvalue weighted by Crippen LogP contribution is -2.61. The average Bonchev–Trinajstić information content (AvgIpc) is 2.65. The smallest absolute Gasteiger partial charge is 0.278 e. The number of carbonyl (C=O) groups excluding carboxylic acids is 2. The molecule has 26 heavy (non-hydrogen) atoms. The number of carbonyl (C=O) groups is 2. The number of hydrogen-bond acceptors (Lipinski definition) is 7. The summed E-state index contributed by atoms with van der Waals surface area (Å²) in [6, 6.07) is 0. The summed E-state index contributed by atoms with van der Waals surface area (Å²) in [6.07, 6.45) is 2.37. The zero-order chi connectivity index (χ0) is 18.9. The zero-order valence-corrected chi connectivity index (χ0v) is 15.3. The van der Waals surface area contributed by atoms with Crippen LogP contribution < -0.4 is 9.47 Å². The van der Waals surface area contributed by atoms with E-state index in [2.05, 4.69) is 9.97 Å². The molecule has 2 aliphatic rings. The summed E-state index contributed by atoms with van der Waals surface area (Å²) in [4.78, 5) is 36.1. The Balaban J connectivity index is 1.76. The van der Waals surface area contributed by atoms with Crippen LogP contribution >= 0.6 is 0 Å². The summed E-state index contributed by atoms with van der Waals surface area (Å²) in [6.45, 7) is 3.33. The minimum absolute atomic E-state index is 0.0127. The molecule has 9 heteroatoms. The van der Waals surface area contributed by atoms with Crippen molar-refractivity contribution in [1.29, 1.82) is 0 Å². The Bertz CT molecular complexity index is 712. The van der Waals surface area contributed by atoms with Gasteiger partial charge in [-0.1, -0.05) is 0 Å². The first-order chi connectivity index (χ1) is 12.4. The third-order valence-electron chi connectivity index (χ3n) is 5.32. The number of aromatic nitrogens is 2. The van der Waals surface area contributed by atoms with Gasteiger partial charge in [-0.15, -0.1) is 0 Å². The molecule has 2 amide bonds. The topological polar surface area (TPSA) is 105 Å². The van der Waals surface area contributed by atoms with Crippen molar-refractivity contribution in [2.24, 2.45) is 5.92 Å². The molecule has 3 rings (SSSR count). The van der Waals surface area contributed by atoms with E-state index in [0.29, 0.717) is 39.0 Å². The summed E-state index contributed by atoms with van der Waals surface area (Å²) >= 11 is 0. The van der Waals surface area contributed by atoms with Crippen LogP contribution in [0.4, 0.5) is 0 Å². The number of nitrogens with zero attached hydrogens (tertiary/aromatic N) is 4. The lowest BCUT2D eigenvalue weighted by Gasteiger charge is -2.50. The minimum atomic E-state index is -0.827. The third kappa shape index (κ3) is 3.31. The molecule has 2 saturated heterocycles. The van der Waals surface area contributed by atoms with Gasteiger partial charge >= 0.3 is 0 Å². The van der Waals surface area contributed by atoms with Gasteiger partial charge in [0.25, 0.3) is 17.7 Å². The molecular weight excluding hydrogens is 340 g/mol. The van der Waals surface area contributed by atoms with Crippen LogP contribution in [-0.4, -0.2) is 82.7 Å². The van der Waals surface area contributed by atoms with Crippen LogP contribution in [0.1, 0.15) is 30.3 Å². The van der Waals surface area contributed by atoms with Gasteiger partial charge in [-0.25, -0.2) is 9.97 Å². The van der Waals surface area contributed by atoms with E-state index in [1.165, 1.54) is 27.3 Å². The Morgan fingerprint density at radius 3 is 2.38 bits per heavy atom. The molecular formula is C17H24N4O5. The Morgan fingerprint density at radius 2 is 1.77 bits per heavy atom. The first kappa shape index (κ1) is 18.4. The highest BCUT2D eigenvalue weighted by atomic mass is 16.5. The molecule has 3 heterocycles. The molecule has 2 fully saturated rings. The fourth-order valence-corrected chi connectivity index (χ4v) is 3.67. The highest BCUT2D eigenvalue weighted by molar-refractivity contribution is 5.92. The van der Waals surface area contributed by atoms with Crippen molar-refractivity contribution in [3.05, 3.63) is 11.9 Å². The number of ether oxygens (including phenoxy) is 2. The highest BCUT2D eigenvalue weighted by Gasteiger charge is 2.46. The number of piperidine rings is 2. The molecule has 0 spiro atoms. The van der Waals surface area contributed by atoms with Gasteiger partial charge in [0, 0.05) is 39.0 Å². The van der Waals surface area contributed by atoms with Crippen LogP contribution in [0.2, 0.25) is 0 Å². The Kier molecular flexibility index (Phi) is 4.99. The summed E-state index contributed by atoms with van der Waals surface area (Å²) in [7, 11) is 2.88. The number of likely N-dealkylation sites (tertiary alicyclic amines) is 2. The fraction of sp³-hybridized carbons (Fsp3) is 0.647. The second-order valence-corrected chi connectivity index (χ2v) is 6.79. The van der Waals surface area contributed by atoms with Crippen molar-refractivity contribution in [1.82, 2.24) is 19.8 Å². The molecule has 142 valence electrons. The third-order valence-corrected chi connectivity index (χ3v) is 5.32. The van der Waals surface area contributed by atoms with Crippen molar-refractivity contribution < 1.29 is 24.2 Å². The van der Waals surface area contributed by atoms with Gasteiger partial charge in [0.15, 0.2) is 5.69 Å². The van der Waals surface area contributed by atoms with Crippen LogP contribution in [0.3, 0.4) is 0 Å². The van der Waals surface area contributed by atoms with Crippen molar-refractivity contribution >= 4 is 11.8 Å².